The van der Waals surface area contributed by atoms with E-state index in [4.69, 9.17) is 11.6 Å². The molecule has 2 atom stereocenters. The maximum absolute atomic E-state index is 12.8. The molecule has 0 radical (unpaired) electrons. The maximum Gasteiger partial charge on any atom is 0.321 e. The third-order valence-electron chi connectivity index (χ3n) is 6.79. The SMILES string of the molecule is CN1C(=O)[C@@H]2CN(S(C)(=O)=O)C[C@@H]2C12CCN(C(=O)Nc1ccccc1Cl)CC2. The van der Waals surface area contributed by atoms with Crippen LogP contribution in [0.15, 0.2) is 24.3 Å². The number of hydrogen-bond acceptors (Lipinski definition) is 4. The second kappa shape index (κ2) is 7.14. The fourth-order valence-electron chi connectivity index (χ4n) is 5.11. The van der Waals surface area contributed by atoms with Crippen molar-refractivity contribution in [2.75, 3.05) is 44.8 Å². The van der Waals surface area contributed by atoms with Crippen LogP contribution in [0.2, 0.25) is 5.02 Å². The maximum atomic E-state index is 12.8. The molecule has 3 saturated heterocycles. The fourth-order valence-corrected chi connectivity index (χ4v) is 6.16. The topological polar surface area (TPSA) is 90.0 Å². The van der Waals surface area contributed by atoms with Crippen LogP contribution in [-0.2, 0) is 14.8 Å². The Morgan fingerprint density at radius 2 is 1.86 bits per heavy atom. The summed E-state index contributed by atoms with van der Waals surface area (Å²) in [6.07, 6.45) is 2.45. The predicted octanol–water partition coefficient (Wildman–Crippen LogP) is 1.69. The first kappa shape index (κ1) is 20.4. The molecule has 0 saturated carbocycles. The molecule has 3 fully saturated rings. The van der Waals surface area contributed by atoms with E-state index in [1.54, 1.807) is 29.2 Å². The van der Waals surface area contributed by atoms with E-state index in [1.165, 1.54) is 10.6 Å². The number of para-hydroxylation sites is 1. The highest BCUT2D eigenvalue weighted by molar-refractivity contribution is 7.88. The molecule has 1 spiro atoms. The van der Waals surface area contributed by atoms with E-state index in [9.17, 15) is 18.0 Å². The first-order valence-corrected chi connectivity index (χ1v) is 11.9. The summed E-state index contributed by atoms with van der Waals surface area (Å²) in [6.45, 7) is 1.61. The first-order valence-electron chi connectivity index (χ1n) is 9.67. The van der Waals surface area contributed by atoms with Gasteiger partial charge in [-0.1, -0.05) is 23.7 Å². The molecule has 10 heteroatoms. The monoisotopic (exact) mass is 440 g/mol. The Bertz CT molecular complexity index is 945. The van der Waals surface area contributed by atoms with Gasteiger partial charge in [-0.25, -0.2) is 17.5 Å². The number of rotatable bonds is 2. The molecule has 3 heterocycles. The second-order valence-corrected chi connectivity index (χ2v) is 10.6. The minimum absolute atomic E-state index is 0.00937. The van der Waals surface area contributed by atoms with E-state index >= 15 is 0 Å². The van der Waals surface area contributed by atoms with Gasteiger partial charge < -0.3 is 15.1 Å². The Morgan fingerprint density at radius 3 is 2.48 bits per heavy atom. The van der Waals surface area contributed by atoms with E-state index in [0.29, 0.717) is 43.2 Å². The zero-order valence-electron chi connectivity index (χ0n) is 16.5. The Morgan fingerprint density at radius 1 is 1.21 bits per heavy atom. The van der Waals surface area contributed by atoms with Crippen molar-refractivity contribution < 1.29 is 18.0 Å². The lowest BCUT2D eigenvalue weighted by atomic mass is 9.75. The summed E-state index contributed by atoms with van der Waals surface area (Å²) in [5.74, 6) is -0.322. The van der Waals surface area contributed by atoms with Crippen LogP contribution in [0.3, 0.4) is 0 Å². The van der Waals surface area contributed by atoms with Crippen LogP contribution in [0.25, 0.3) is 0 Å². The summed E-state index contributed by atoms with van der Waals surface area (Å²) < 4.78 is 25.4. The molecule has 8 nitrogen and oxygen atoms in total. The molecule has 4 rings (SSSR count). The number of carbonyl (C=O) groups is 2. The van der Waals surface area contributed by atoms with Crippen LogP contribution in [0.5, 0.6) is 0 Å². The number of amides is 3. The molecular weight excluding hydrogens is 416 g/mol. The van der Waals surface area contributed by atoms with Crippen molar-refractivity contribution in [3.8, 4) is 0 Å². The lowest BCUT2D eigenvalue weighted by Gasteiger charge is -2.46. The number of nitrogens with one attached hydrogen (secondary N) is 1. The van der Waals surface area contributed by atoms with Crippen molar-refractivity contribution in [1.29, 1.82) is 0 Å². The minimum atomic E-state index is -3.33. The number of likely N-dealkylation sites (tertiary alicyclic amines) is 2. The Kier molecular flexibility index (Phi) is 5.03. The minimum Gasteiger partial charge on any atom is -0.339 e. The van der Waals surface area contributed by atoms with E-state index < -0.39 is 15.6 Å². The highest BCUT2D eigenvalue weighted by Gasteiger charge is 2.61. The van der Waals surface area contributed by atoms with E-state index in [-0.39, 0.29) is 30.3 Å². The summed E-state index contributed by atoms with van der Waals surface area (Å²) in [7, 11) is -1.52. The Labute approximate surface area is 175 Å². The number of halogens is 1. The zero-order valence-corrected chi connectivity index (χ0v) is 18.0. The number of sulfonamides is 1. The lowest BCUT2D eigenvalue weighted by molar-refractivity contribution is -0.133. The van der Waals surface area contributed by atoms with Crippen LogP contribution in [0, 0.1) is 11.8 Å². The number of anilines is 1. The van der Waals surface area contributed by atoms with Crippen LogP contribution < -0.4 is 5.32 Å². The van der Waals surface area contributed by atoms with Gasteiger partial charge in [0.05, 0.1) is 28.4 Å². The number of hydrogen-bond donors (Lipinski definition) is 1. The van der Waals surface area contributed by atoms with Gasteiger partial charge in [-0.05, 0) is 25.0 Å². The summed E-state index contributed by atoms with van der Waals surface area (Å²) in [5.41, 5.74) is 0.162. The molecule has 3 aliphatic rings. The van der Waals surface area contributed by atoms with Crippen molar-refractivity contribution in [3.05, 3.63) is 29.3 Å². The van der Waals surface area contributed by atoms with Gasteiger partial charge >= 0.3 is 6.03 Å². The van der Waals surface area contributed by atoms with E-state index in [2.05, 4.69) is 5.32 Å². The third kappa shape index (κ3) is 3.39. The van der Waals surface area contributed by atoms with Crippen LogP contribution in [0.1, 0.15) is 12.8 Å². The Hall–Kier alpha value is -1.84. The number of urea groups is 1. The first-order chi connectivity index (χ1) is 13.6. The number of benzene rings is 1. The van der Waals surface area contributed by atoms with Gasteiger partial charge in [-0.15, -0.1) is 0 Å². The summed E-state index contributed by atoms with van der Waals surface area (Å²) in [4.78, 5) is 29.0. The van der Waals surface area contributed by atoms with Crippen LogP contribution in [-0.4, -0.2) is 79.5 Å². The summed E-state index contributed by atoms with van der Waals surface area (Å²) in [5, 5.41) is 3.32. The molecule has 1 N–H and O–H groups in total. The van der Waals surface area contributed by atoms with Crippen LogP contribution in [0.4, 0.5) is 10.5 Å². The molecule has 3 amide bonds. The molecule has 158 valence electrons. The van der Waals surface area contributed by atoms with Crippen molar-refractivity contribution in [2.24, 2.45) is 11.8 Å². The van der Waals surface area contributed by atoms with Gasteiger partial charge in [-0.3, -0.25) is 4.79 Å². The average molecular weight is 441 g/mol. The van der Waals surface area contributed by atoms with E-state index in [1.807, 2.05) is 11.9 Å². The van der Waals surface area contributed by atoms with Gasteiger partial charge in [0, 0.05) is 39.1 Å². The van der Waals surface area contributed by atoms with Gasteiger partial charge in [0.1, 0.15) is 0 Å². The highest BCUT2D eigenvalue weighted by atomic mass is 35.5. The smallest absolute Gasteiger partial charge is 0.321 e. The molecule has 1 aromatic carbocycles. The fraction of sp³-hybridized carbons (Fsp3) is 0.579. The van der Waals surface area contributed by atoms with E-state index in [0.717, 1.165) is 0 Å². The average Bonchev–Trinajstić information content (AvgIpc) is 3.21. The number of nitrogens with zero attached hydrogens (tertiary/aromatic N) is 3. The van der Waals surface area contributed by atoms with Gasteiger partial charge in [-0.2, -0.15) is 0 Å². The highest BCUT2D eigenvalue weighted by Crippen LogP contribution is 2.49. The third-order valence-corrected chi connectivity index (χ3v) is 8.36. The summed E-state index contributed by atoms with van der Waals surface area (Å²) >= 11 is 6.12. The van der Waals surface area contributed by atoms with Gasteiger partial charge in [0.15, 0.2) is 0 Å². The molecule has 29 heavy (non-hydrogen) atoms. The normalized spacial score (nSPS) is 26.8. The molecule has 0 bridgehead atoms. The zero-order chi connectivity index (χ0) is 21.0. The predicted molar refractivity (Wildman–Crippen MR) is 110 cm³/mol. The summed E-state index contributed by atoms with van der Waals surface area (Å²) in [6, 6.07) is 6.85. The molecule has 1 aromatic rings. The molecular formula is C19H25ClN4O4S. The number of piperidine rings is 1. The molecule has 3 aliphatic heterocycles. The van der Waals surface area contributed by atoms with Gasteiger partial charge in [0.25, 0.3) is 0 Å². The van der Waals surface area contributed by atoms with Crippen molar-refractivity contribution in [1.82, 2.24) is 14.1 Å². The molecule has 0 unspecified atom stereocenters. The largest absolute Gasteiger partial charge is 0.339 e. The quantitative estimate of drug-likeness (QED) is 0.757. The van der Waals surface area contributed by atoms with Crippen LogP contribution >= 0.6 is 11.6 Å². The van der Waals surface area contributed by atoms with Crippen molar-refractivity contribution in [3.63, 3.8) is 0 Å². The number of fused-ring (bicyclic) bond motifs is 2. The molecule has 0 aliphatic carbocycles. The second-order valence-electron chi connectivity index (χ2n) is 8.19. The van der Waals surface area contributed by atoms with Crippen molar-refractivity contribution in [2.45, 2.75) is 18.4 Å². The molecule has 0 aromatic heterocycles. The Balaban J connectivity index is 1.47. The van der Waals surface area contributed by atoms with Crippen molar-refractivity contribution >= 4 is 39.2 Å². The number of carbonyl (C=O) groups excluding carboxylic acids is 2. The lowest BCUT2D eigenvalue weighted by Crippen LogP contribution is -2.57. The standard InChI is InChI=1S/C19H25ClN4O4S/c1-22-17(25)13-11-24(29(2,27)28)12-14(13)19(22)7-9-23(10-8-19)18(26)21-16-6-4-3-5-15(16)20/h3-6,13-14H,7-12H2,1-2H3,(H,21,26)/t13-,14+/m1/s1. The van der Waals surface area contributed by atoms with Gasteiger partial charge in [0.2, 0.25) is 15.9 Å².